The molecule has 0 aliphatic rings. The summed E-state index contributed by atoms with van der Waals surface area (Å²) >= 11 is 0. The lowest BCUT2D eigenvalue weighted by Gasteiger charge is -1.97. The van der Waals surface area contributed by atoms with Crippen molar-refractivity contribution in [1.29, 1.82) is 0 Å². The molecule has 0 aliphatic carbocycles. The van der Waals surface area contributed by atoms with Crippen LogP contribution in [0.5, 0.6) is 0 Å². The predicted octanol–water partition coefficient (Wildman–Crippen LogP) is 16.9. The lowest BCUT2D eigenvalue weighted by atomic mass is 10.1. The first-order valence-electron chi connectivity index (χ1n) is 26.7. The molecule has 0 aliphatic heterocycles. The number of para-hydroxylation sites is 1. The van der Waals surface area contributed by atoms with Gasteiger partial charge in [-0.05, 0) is 114 Å². The molecule has 8 heterocycles. The number of aryl methyl sites for hydroxylation is 8. The van der Waals surface area contributed by atoms with E-state index in [-0.39, 0.29) is 0 Å². The number of benzene rings is 1. The Hall–Kier alpha value is -7.74. The first kappa shape index (κ1) is 82.3. The van der Waals surface area contributed by atoms with Crippen LogP contribution in [-0.4, -0.2) is 69.8 Å². The molecule has 9 aromatic rings. The van der Waals surface area contributed by atoms with Crippen molar-refractivity contribution in [3.05, 3.63) is 218 Å². The van der Waals surface area contributed by atoms with Gasteiger partial charge in [-0.1, -0.05) is 141 Å². The molecule has 418 valence electrons. The Morgan fingerprint density at radius 3 is 1.03 bits per heavy atom. The van der Waals surface area contributed by atoms with Gasteiger partial charge in [0.2, 0.25) is 0 Å². The first-order chi connectivity index (χ1) is 37.1. The van der Waals surface area contributed by atoms with E-state index in [1.807, 2.05) is 208 Å². The number of rotatable bonds is 0. The molecule has 0 saturated carbocycles. The normalized spacial score (nSPS) is 7.74. The molecule has 0 amide bonds. The summed E-state index contributed by atoms with van der Waals surface area (Å²) in [6.45, 7) is 47.6. The van der Waals surface area contributed by atoms with Crippen LogP contribution in [0.1, 0.15) is 156 Å². The summed E-state index contributed by atoms with van der Waals surface area (Å²) in [5, 5.41) is 1.22. The molecular formula is C62H100N14. The Morgan fingerprint density at radius 2 is 0.724 bits per heavy atom. The molecule has 9 rings (SSSR count). The molecule has 1 aromatic carbocycles. The van der Waals surface area contributed by atoms with Crippen molar-refractivity contribution in [2.75, 3.05) is 0 Å². The smallest absolute Gasteiger partial charge is 0.128 e. The van der Waals surface area contributed by atoms with Crippen LogP contribution < -0.4 is 0 Å². The fourth-order valence-electron chi connectivity index (χ4n) is 3.91. The molecule has 76 heavy (non-hydrogen) atoms. The lowest BCUT2D eigenvalue weighted by Crippen LogP contribution is -1.84. The van der Waals surface area contributed by atoms with Crippen LogP contribution in [0.4, 0.5) is 0 Å². The van der Waals surface area contributed by atoms with Crippen molar-refractivity contribution in [3.63, 3.8) is 0 Å². The van der Waals surface area contributed by atoms with E-state index in [4.69, 9.17) is 0 Å². The van der Waals surface area contributed by atoms with Crippen molar-refractivity contribution < 1.29 is 0 Å². The maximum absolute atomic E-state index is 4.28. The topological polar surface area (TPSA) is 180 Å². The number of fused-ring (bicyclic) bond motifs is 1. The van der Waals surface area contributed by atoms with Gasteiger partial charge in [-0.25, -0.2) is 44.9 Å². The number of nitrogens with zero attached hydrogens (tertiary/aromatic N) is 14. The van der Waals surface area contributed by atoms with E-state index < -0.39 is 0 Å². The van der Waals surface area contributed by atoms with Gasteiger partial charge >= 0.3 is 0 Å². The highest BCUT2D eigenvalue weighted by Gasteiger charge is 1.93. The van der Waals surface area contributed by atoms with E-state index in [1.54, 1.807) is 74.2 Å². The third-order valence-electron chi connectivity index (χ3n) is 6.92. The van der Waals surface area contributed by atoms with Crippen LogP contribution in [0, 0.1) is 55.4 Å². The third-order valence-corrected chi connectivity index (χ3v) is 6.92. The molecule has 14 heteroatoms. The van der Waals surface area contributed by atoms with Gasteiger partial charge in [0.05, 0.1) is 11.2 Å². The van der Waals surface area contributed by atoms with E-state index in [9.17, 15) is 0 Å². The summed E-state index contributed by atoms with van der Waals surface area (Å²) in [7, 11) is 0. The summed E-state index contributed by atoms with van der Waals surface area (Å²) in [5.74, 6) is 1.58. The van der Waals surface area contributed by atoms with Gasteiger partial charge < -0.3 is 0 Å². The molecule has 0 unspecified atom stereocenters. The van der Waals surface area contributed by atoms with Gasteiger partial charge in [0.1, 0.15) is 37.0 Å². The first-order valence-corrected chi connectivity index (χ1v) is 26.7. The molecule has 0 spiro atoms. The van der Waals surface area contributed by atoms with E-state index in [0.717, 1.165) is 34.1 Å². The van der Waals surface area contributed by atoms with Gasteiger partial charge in [-0.2, -0.15) is 0 Å². The highest BCUT2D eigenvalue weighted by Crippen LogP contribution is 2.13. The van der Waals surface area contributed by atoms with E-state index in [1.165, 1.54) is 47.4 Å². The van der Waals surface area contributed by atoms with Gasteiger partial charge in [0, 0.05) is 91.6 Å². The second-order valence-corrected chi connectivity index (χ2v) is 12.3. The van der Waals surface area contributed by atoms with E-state index >= 15 is 0 Å². The van der Waals surface area contributed by atoms with E-state index in [2.05, 4.69) is 101 Å². The zero-order valence-corrected chi connectivity index (χ0v) is 51.4. The number of pyridine rings is 3. The van der Waals surface area contributed by atoms with Crippen LogP contribution in [0.2, 0.25) is 0 Å². The SMILES string of the molecule is CC.CC.CC.CC.CC.CC.CC.CC.Cc1cccc2cccnc12.Cc1cccnc1.Cc1ccncc1.Cc1ccncn1.Cc1cnccn1.Cc1cncnc1.Cc1ncccn1.Cc1ncncn1. The minimum atomic E-state index is 0.759. The summed E-state index contributed by atoms with van der Waals surface area (Å²) in [6, 6.07) is 21.8. The van der Waals surface area contributed by atoms with Crippen LogP contribution in [0.25, 0.3) is 10.9 Å². The average molecular weight is 1040 g/mol. The molecule has 0 radical (unpaired) electrons. The van der Waals surface area contributed by atoms with Gasteiger partial charge in [-0.15, -0.1) is 0 Å². The molecular weight excluding hydrogens is 941 g/mol. The van der Waals surface area contributed by atoms with Crippen molar-refractivity contribution in [1.82, 2.24) is 69.8 Å². The zero-order valence-electron chi connectivity index (χ0n) is 51.4. The Kier molecular flexibility index (Phi) is 77.4. The molecule has 14 nitrogen and oxygen atoms in total. The van der Waals surface area contributed by atoms with Gasteiger partial charge in [0.25, 0.3) is 0 Å². The largest absolute Gasteiger partial charge is 0.265 e. The monoisotopic (exact) mass is 1040 g/mol. The van der Waals surface area contributed by atoms with Crippen molar-refractivity contribution in [2.45, 2.75) is 166 Å². The maximum Gasteiger partial charge on any atom is 0.128 e. The minimum absolute atomic E-state index is 0.759. The molecule has 0 bridgehead atoms. The highest BCUT2D eigenvalue weighted by atomic mass is 15.0. The molecule has 0 atom stereocenters. The maximum atomic E-state index is 4.28. The van der Waals surface area contributed by atoms with Crippen molar-refractivity contribution in [3.8, 4) is 0 Å². The minimum Gasteiger partial charge on any atom is -0.265 e. The highest BCUT2D eigenvalue weighted by molar-refractivity contribution is 5.81. The van der Waals surface area contributed by atoms with Gasteiger partial charge in [-0.3, -0.25) is 24.9 Å². The molecule has 0 N–H and O–H groups in total. The predicted molar refractivity (Wildman–Crippen MR) is 327 cm³/mol. The Balaban J connectivity index is -0.000000138. The summed E-state index contributed by atoms with van der Waals surface area (Å²) < 4.78 is 0. The van der Waals surface area contributed by atoms with E-state index in [0.29, 0.717) is 0 Å². The fourth-order valence-corrected chi connectivity index (χ4v) is 3.91. The Bertz CT molecular complexity index is 1960. The van der Waals surface area contributed by atoms with Crippen LogP contribution in [0.3, 0.4) is 0 Å². The Labute approximate surface area is 462 Å². The standard InChI is InChI=1S/C10H9N.2C6H7N.4C5H6N2.C4H5N3.8C2H6/c1-8-4-2-5-9-6-3-7-11-10(8)9;1-6-2-4-7-5-3-6;1-6-3-2-4-7-5-6;1-5-2-6-4-7-3-5;1-5-4-6-2-3-7-5;1-5-2-3-6-4-7-5;1-5-6-3-2-4-7-5;1-4-6-2-5-3-7-4;8*1-2/h2-7H,1H3;2*2-5H,1H3;4*2-4H,1H3;2-3H,1H3;8*1-2H3. The van der Waals surface area contributed by atoms with Crippen LogP contribution in [0.15, 0.2) is 173 Å². The second kappa shape index (κ2) is 71.5. The number of aromatic nitrogens is 14. The Morgan fingerprint density at radius 1 is 0.250 bits per heavy atom. The summed E-state index contributed by atoms with van der Waals surface area (Å²) in [5.41, 5.74) is 7.88. The quantitative estimate of drug-likeness (QED) is 0.140. The number of hydrogen-bond donors (Lipinski definition) is 0. The second-order valence-electron chi connectivity index (χ2n) is 12.3. The van der Waals surface area contributed by atoms with Crippen molar-refractivity contribution >= 4 is 10.9 Å². The fraction of sp³-hybridized carbons (Fsp3) is 0.387. The molecule has 0 saturated heterocycles. The summed E-state index contributed by atoms with van der Waals surface area (Å²) in [6.07, 6.45) is 28.8. The van der Waals surface area contributed by atoms with Crippen LogP contribution in [-0.2, 0) is 0 Å². The van der Waals surface area contributed by atoms with Crippen molar-refractivity contribution in [2.24, 2.45) is 0 Å². The number of hydrogen-bond acceptors (Lipinski definition) is 14. The third kappa shape index (κ3) is 58.8. The molecule has 0 fully saturated rings. The zero-order chi connectivity index (χ0) is 59.5. The van der Waals surface area contributed by atoms with Crippen LogP contribution >= 0.6 is 0 Å². The lowest BCUT2D eigenvalue weighted by molar-refractivity contribution is 0.974. The molecule has 8 aromatic heterocycles. The van der Waals surface area contributed by atoms with Gasteiger partial charge in [0.15, 0.2) is 0 Å². The summed E-state index contributed by atoms with van der Waals surface area (Å²) in [4.78, 5) is 53.8. The average Bonchev–Trinajstić information content (AvgIpc) is 3.50.